The van der Waals surface area contributed by atoms with Gasteiger partial charge in [0.15, 0.2) is 0 Å². The van der Waals surface area contributed by atoms with E-state index in [1.165, 1.54) is 5.56 Å². The molecule has 0 spiro atoms. The zero-order valence-corrected chi connectivity index (χ0v) is 13.7. The Hall–Kier alpha value is -1.88. The molecule has 1 aliphatic heterocycles. The number of hydrogen-bond acceptors (Lipinski definition) is 4. The van der Waals surface area contributed by atoms with Gasteiger partial charge in [-0.15, -0.1) is 0 Å². The number of anilines is 1. The maximum atomic E-state index is 11.0. The maximum absolute atomic E-state index is 11.0. The van der Waals surface area contributed by atoms with Gasteiger partial charge in [-0.1, -0.05) is 25.5 Å². The van der Waals surface area contributed by atoms with E-state index in [1.807, 2.05) is 17.0 Å². The number of carbonyl (C=O) groups excluding carboxylic acids is 1. The van der Waals surface area contributed by atoms with E-state index < -0.39 is 5.97 Å². The maximum Gasteiger partial charge on any atom is 0.317 e. The molecule has 0 aromatic heterocycles. The van der Waals surface area contributed by atoms with Gasteiger partial charge in [0.05, 0.1) is 12.6 Å². The zero-order chi connectivity index (χ0) is 16.7. The second-order valence-electron chi connectivity index (χ2n) is 6.24. The van der Waals surface area contributed by atoms with Gasteiger partial charge in [0.2, 0.25) is 0 Å². The van der Waals surface area contributed by atoms with Gasteiger partial charge in [-0.05, 0) is 56.0 Å². The van der Waals surface area contributed by atoms with Crippen LogP contribution >= 0.6 is 0 Å². The van der Waals surface area contributed by atoms with Crippen LogP contribution in [0.15, 0.2) is 24.3 Å². The predicted molar refractivity (Wildman–Crippen MR) is 90.9 cm³/mol. The van der Waals surface area contributed by atoms with E-state index >= 15 is 0 Å². The summed E-state index contributed by atoms with van der Waals surface area (Å²) < 4.78 is 0. The van der Waals surface area contributed by atoms with E-state index in [0.29, 0.717) is 5.92 Å². The number of aliphatic carboxylic acids is 1. The minimum Gasteiger partial charge on any atom is -0.480 e. The monoisotopic (exact) mass is 318 g/mol. The van der Waals surface area contributed by atoms with Gasteiger partial charge in [-0.2, -0.15) is 0 Å². The minimum atomic E-state index is -0.754. The lowest BCUT2D eigenvalue weighted by molar-refractivity contribution is -0.138. The van der Waals surface area contributed by atoms with Crippen LogP contribution in [0.4, 0.5) is 5.69 Å². The Balaban J connectivity index is 1.88. The Morgan fingerprint density at radius 2 is 2.00 bits per heavy atom. The fourth-order valence-electron chi connectivity index (χ4n) is 3.17. The van der Waals surface area contributed by atoms with Crippen molar-refractivity contribution in [3.8, 4) is 0 Å². The summed E-state index contributed by atoms with van der Waals surface area (Å²) in [5.41, 5.74) is 2.27. The van der Waals surface area contributed by atoms with Gasteiger partial charge in [-0.25, -0.2) is 0 Å². The lowest BCUT2D eigenvalue weighted by Crippen LogP contribution is -2.36. The largest absolute Gasteiger partial charge is 0.480 e. The number of hydrogen-bond donors (Lipinski definition) is 2. The second kappa shape index (κ2) is 8.67. The third-order valence-corrected chi connectivity index (χ3v) is 4.44. The number of benzene rings is 1. The molecule has 1 fully saturated rings. The number of carboxylic acid groups (broad SMARTS) is 1. The first-order valence-electron chi connectivity index (χ1n) is 8.38. The molecule has 5 heteroatoms. The lowest BCUT2D eigenvalue weighted by Gasteiger charge is -2.31. The van der Waals surface area contributed by atoms with Crippen LogP contribution in [-0.2, 0) is 9.59 Å². The molecule has 0 amide bonds. The average Bonchev–Trinajstić information content (AvgIpc) is 2.55. The van der Waals surface area contributed by atoms with E-state index in [9.17, 15) is 9.59 Å². The Kier molecular flexibility index (Phi) is 6.59. The molecule has 1 atom stereocenters. The topological polar surface area (TPSA) is 69.6 Å². The fourth-order valence-corrected chi connectivity index (χ4v) is 3.17. The van der Waals surface area contributed by atoms with Crippen LogP contribution in [0, 0.1) is 0 Å². The highest BCUT2D eigenvalue weighted by Gasteiger charge is 2.21. The average molecular weight is 318 g/mol. The molecule has 1 aromatic carbocycles. The smallest absolute Gasteiger partial charge is 0.317 e. The van der Waals surface area contributed by atoms with Crippen LogP contribution in [-0.4, -0.2) is 47.9 Å². The summed E-state index contributed by atoms with van der Waals surface area (Å²) in [6.07, 6.45) is 4.77. The Morgan fingerprint density at radius 1 is 1.35 bits per heavy atom. The number of carboxylic acids is 1. The number of rotatable bonds is 8. The molecule has 1 aromatic rings. The first kappa shape index (κ1) is 17.5. The molecule has 2 N–H and O–H groups in total. The third kappa shape index (κ3) is 5.36. The number of piperidine rings is 1. The summed E-state index contributed by atoms with van der Waals surface area (Å²) in [6, 6.07) is 8.18. The van der Waals surface area contributed by atoms with E-state index in [1.54, 1.807) is 0 Å². The normalized spacial score (nSPS) is 17.6. The van der Waals surface area contributed by atoms with Crippen LogP contribution in [0.25, 0.3) is 0 Å². The van der Waals surface area contributed by atoms with Crippen molar-refractivity contribution < 1.29 is 14.7 Å². The number of nitrogens with one attached hydrogen (secondary N) is 1. The van der Waals surface area contributed by atoms with Gasteiger partial charge < -0.3 is 15.2 Å². The van der Waals surface area contributed by atoms with Crippen LogP contribution in [0.2, 0.25) is 0 Å². The number of aldehydes is 1. The molecule has 1 aliphatic rings. The van der Waals surface area contributed by atoms with E-state index in [2.05, 4.69) is 24.4 Å². The molecule has 126 valence electrons. The third-order valence-electron chi connectivity index (χ3n) is 4.44. The van der Waals surface area contributed by atoms with Crippen molar-refractivity contribution in [1.29, 1.82) is 0 Å². The molecular weight excluding hydrogens is 292 g/mol. The summed E-state index contributed by atoms with van der Waals surface area (Å²) in [5, 5.41) is 12.1. The van der Waals surface area contributed by atoms with E-state index in [4.69, 9.17) is 5.11 Å². The zero-order valence-electron chi connectivity index (χ0n) is 13.7. The molecule has 0 radical (unpaired) electrons. The highest BCUT2D eigenvalue weighted by Crippen LogP contribution is 2.28. The predicted octanol–water partition coefficient (Wildman–Crippen LogP) is 2.73. The van der Waals surface area contributed by atoms with E-state index in [0.717, 1.165) is 50.7 Å². The number of likely N-dealkylation sites (tertiary alicyclic amines) is 1. The van der Waals surface area contributed by atoms with Crippen molar-refractivity contribution in [3.05, 3.63) is 29.8 Å². The van der Waals surface area contributed by atoms with Crippen LogP contribution in [0.5, 0.6) is 0 Å². The standard InChI is InChI=1S/C18H26N2O3/c1-2-3-17(13-21)19-16-6-4-14(5-7-16)15-8-10-20(11-9-15)12-18(22)23/h4-7,13,15,17,19H,2-3,8-12H2,1H3,(H,22,23). The van der Waals surface area contributed by atoms with Gasteiger partial charge in [0.1, 0.15) is 6.29 Å². The molecule has 1 unspecified atom stereocenters. The Morgan fingerprint density at radius 3 is 2.52 bits per heavy atom. The second-order valence-corrected chi connectivity index (χ2v) is 6.24. The highest BCUT2D eigenvalue weighted by atomic mass is 16.4. The molecule has 1 saturated heterocycles. The van der Waals surface area contributed by atoms with Gasteiger partial charge in [0.25, 0.3) is 0 Å². The summed E-state index contributed by atoms with van der Waals surface area (Å²) >= 11 is 0. The number of carbonyl (C=O) groups is 2. The SMILES string of the molecule is CCCC(C=O)Nc1ccc(C2CCN(CC(=O)O)CC2)cc1. The van der Waals surface area contributed by atoms with Crippen LogP contribution < -0.4 is 5.32 Å². The summed E-state index contributed by atoms with van der Waals surface area (Å²) in [4.78, 5) is 23.7. The van der Waals surface area contributed by atoms with Gasteiger partial charge in [0, 0.05) is 5.69 Å². The molecular formula is C18H26N2O3. The van der Waals surface area contributed by atoms with Crippen molar-refractivity contribution in [2.45, 2.75) is 44.6 Å². The van der Waals surface area contributed by atoms with Crippen molar-refractivity contribution in [3.63, 3.8) is 0 Å². The summed E-state index contributed by atoms with van der Waals surface area (Å²) in [5.74, 6) is -0.262. The Bertz CT molecular complexity index is 508. The van der Waals surface area contributed by atoms with Crippen molar-refractivity contribution in [2.75, 3.05) is 25.0 Å². The van der Waals surface area contributed by atoms with Gasteiger partial charge in [-0.3, -0.25) is 9.69 Å². The molecule has 0 saturated carbocycles. The van der Waals surface area contributed by atoms with Crippen LogP contribution in [0.3, 0.4) is 0 Å². The lowest BCUT2D eigenvalue weighted by atomic mass is 9.89. The van der Waals surface area contributed by atoms with E-state index in [-0.39, 0.29) is 12.6 Å². The summed E-state index contributed by atoms with van der Waals surface area (Å²) in [6.45, 7) is 3.87. The van der Waals surface area contributed by atoms with Crippen molar-refractivity contribution in [1.82, 2.24) is 4.90 Å². The fraction of sp³-hybridized carbons (Fsp3) is 0.556. The number of nitrogens with zero attached hydrogens (tertiary/aromatic N) is 1. The first-order chi connectivity index (χ1) is 11.1. The van der Waals surface area contributed by atoms with Gasteiger partial charge >= 0.3 is 5.97 Å². The molecule has 0 aliphatic carbocycles. The Labute approximate surface area is 137 Å². The quantitative estimate of drug-likeness (QED) is 0.721. The van der Waals surface area contributed by atoms with Crippen LogP contribution in [0.1, 0.15) is 44.1 Å². The highest BCUT2D eigenvalue weighted by molar-refractivity contribution is 5.69. The molecule has 1 heterocycles. The van der Waals surface area contributed by atoms with Crippen molar-refractivity contribution in [2.24, 2.45) is 0 Å². The summed E-state index contributed by atoms with van der Waals surface area (Å²) in [7, 11) is 0. The molecule has 5 nitrogen and oxygen atoms in total. The molecule has 0 bridgehead atoms. The van der Waals surface area contributed by atoms with Crippen molar-refractivity contribution >= 4 is 17.9 Å². The minimum absolute atomic E-state index is 0.120. The molecule has 2 rings (SSSR count). The first-order valence-corrected chi connectivity index (χ1v) is 8.38. The molecule has 23 heavy (non-hydrogen) atoms.